The monoisotopic (exact) mass is 280 g/mol. The molecule has 0 aliphatic heterocycles. The van der Waals surface area contributed by atoms with Gasteiger partial charge in [0.05, 0.1) is 19.4 Å². The lowest BCUT2D eigenvalue weighted by Gasteiger charge is -2.02. The summed E-state index contributed by atoms with van der Waals surface area (Å²) in [4.78, 5) is 4.34. The van der Waals surface area contributed by atoms with E-state index in [0.717, 1.165) is 12.2 Å². The number of nitrogens with zero attached hydrogens (tertiary/aromatic N) is 1. The van der Waals surface area contributed by atoms with Crippen molar-refractivity contribution in [2.45, 2.75) is 6.54 Å². The van der Waals surface area contributed by atoms with Crippen molar-refractivity contribution in [2.75, 3.05) is 27.4 Å². The van der Waals surface area contributed by atoms with E-state index in [0.29, 0.717) is 24.6 Å². The summed E-state index contributed by atoms with van der Waals surface area (Å²) in [5, 5.41) is 3.17. The van der Waals surface area contributed by atoms with Crippen LogP contribution in [-0.4, -0.2) is 32.4 Å². The van der Waals surface area contributed by atoms with Crippen molar-refractivity contribution in [1.82, 2.24) is 10.3 Å². The number of halogens is 1. The van der Waals surface area contributed by atoms with E-state index in [1.807, 2.05) is 0 Å². The Morgan fingerprint density at radius 2 is 2.20 bits per heavy atom. The fraction of sp³-hybridized carbons (Fsp3) is 0.357. The molecule has 2 rings (SSSR count). The summed E-state index contributed by atoms with van der Waals surface area (Å²) in [5.41, 5.74) is 1.45. The Bertz CT molecular complexity index is 557. The first-order valence-corrected chi connectivity index (χ1v) is 6.22. The first kappa shape index (κ1) is 14.5. The van der Waals surface area contributed by atoms with Gasteiger partial charge in [0.15, 0.2) is 11.6 Å². The molecule has 0 saturated heterocycles. The van der Waals surface area contributed by atoms with E-state index in [-0.39, 0.29) is 5.75 Å². The van der Waals surface area contributed by atoms with Crippen molar-refractivity contribution < 1.29 is 18.3 Å². The third-order valence-corrected chi connectivity index (χ3v) is 2.74. The lowest BCUT2D eigenvalue weighted by Crippen LogP contribution is -2.18. The Balaban J connectivity index is 2.04. The third kappa shape index (κ3) is 3.55. The van der Waals surface area contributed by atoms with Gasteiger partial charge in [-0.25, -0.2) is 9.37 Å². The van der Waals surface area contributed by atoms with Crippen molar-refractivity contribution in [1.29, 1.82) is 0 Å². The minimum atomic E-state index is -0.413. The molecule has 1 N–H and O–H groups in total. The minimum absolute atomic E-state index is 0.167. The Kier molecular flexibility index (Phi) is 5.09. The largest absolute Gasteiger partial charge is 0.494 e. The smallest absolute Gasteiger partial charge is 0.226 e. The zero-order valence-corrected chi connectivity index (χ0v) is 11.5. The Hall–Kier alpha value is -1.92. The number of benzene rings is 1. The molecule has 0 aliphatic carbocycles. The van der Waals surface area contributed by atoms with Crippen LogP contribution in [0.25, 0.3) is 11.5 Å². The quantitative estimate of drug-likeness (QED) is 0.788. The number of oxazole rings is 1. The molecule has 1 aromatic carbocycles. The van der Waals surface area contributed by atoms with Crippen LogP contribution in [0.5, 0.6) is 5.75 Å². The van der Waals surface area contributed by atoms with Crippen molar-refractivity contribution in [3.8, 4) is 17.2 Å². The van der Waals surface area contributed by atoms with Crippen molar-refractivity contribution in [3.05, 3.63) is 36.0 Å². The van der Waals surface area contributed by atoms with Gasteiger partial charge in [-0.3, -0.25) is 0 Å². The summed E-state index contributed by atoms with van der Waals surface area (Å²) in [6.07, 6.45) is 1.57. The number of methoxy groups -OCH3 is 2. The number of rotatable bonds is 7. The molecule has 0 aliphatic rings. The zero-order chi connectivity index (χ0) is 14.4. The standard InChI is InChI=1S/C14H17FN2O3/c1-18-6-5-16-8-11-9-20-14(17-11)10-3-4-12(15)13(7-10)19-2/h3-4,7,9,16H,5-6,8H2,1-2H3. The van der Waals surface area contributed by atoms with Gasteiger partial charge in [0.1, 0.15) is 6.26 Å². The minimum Gasteiger partial charge on any atom is -0.494 e. The highest BCUT2D eigenvalue weighted by atomic mass is 19.1. The first-order chi connectivity index (χ1) is 9.74. The van der Waals surface area contributed by atoms with Crippen LogP contribution in [0.15, 0.2) is 28.9 Å². The van der Waals surface area contributed by atoms with Gasteiger partial charge in [-0.1, -0.05) is 0 Å². The van der Waals surface area contributed by atoms with Crippen LogP contribution in [0, 0.1) is 5.82 Å². The summed E-state index contributed by atoms with van der Waals surface area (Å²) >= 11 is 0. The van der Waals surface area contributed by atoms with Gasteiger partial charge >= 0.3 is 0 Å². The molecule has 0 fully saturated rings. The highest BCUT2D eigenvalue weighted by Crippen LogP contribution is 2.25. The molecule has 0 unspecified atom stereocenters. The summed E-state index contributed by atoms with van der Waals surface area (Å²) in [5.74, 6) is 0.191. The van der Waals surface area contributed by atoms with Crippen LogP contribution in [0.4, 0.5) is 4.39 Å². The first-order valence-electron chi connectivity index (χ1n) is 6.22. The highest BCUT2D eigenvalue weighted by Gasteiger charge is 2.10. The molecular formula is C14H17FN2O3. The normalized spacial score (nSPS) is 10.8. The van der Waals surface area contributed by atoms with Crippen molar-refractivity contribution >= 4 is 0 Å². The van der Waals surface area contributed by atoms with Crippen LogP contribution in [0.2, 0.25) is 0 Å². The molecule has 108 valence electrons. The van der Waals surface area contributed by atoms with Crippen LogP contribution in [-0.2, 0) is 11.3 Å². The molecule has 2 aromatic rings. The molecule has 0 radical (unpaired) electrons. The molecular weight excluding hydrogens is 263 g/mol. The average molecular weight is 280 g/mol. The molecule has 20 heavy (non-hydrogen) atoms. The van der Waals surface area contributed by atoms with Gasteiger partial charge in [0.25, 0.3) is 0 Å². The average Bonchev–Trinajstić information content (AvgIpc) is 2.93. The van der Waals surface area contributed by atoms with E-state index in [4.69, 9.17) is 13.9 Å². The topological polar surface area (TPSA) is 56.5 Å². The molecule has 0 atom stereocenters. The fourth-order valence-corrected chi connectivity index (χ4v) is 1.70. The summed E-state index contributed by atoms with van der Waals surface area (Å²) in [6.45, 7) is 1.97. The van der Waals surface area contributed by atoms with Gasteiger partial charge in [0, 0.05) is 25.8 Å². The van der Waals surface area contributed by atoms with Gasteiger partial charge < -0.3 is 19.2 Å². The number of nitrogens with one attached hydrogen (secondary N) is 1. The molecule has 6 heteroatoms. The number of aromatic nitrogens is 1. The Labute approximate surface area is 116 Å². The molecule has 0 bridgehead atoms. The predicted molar refractivity (Wildman–Crippen MR) is 72.0 cm³/mol. The van der Waals surface area contributed by atoms with Crippen LogP contribution < -0.4 is 10.1 Å². The van der Waals surface area contributed by atoms with E-state index in [2.05, 4.69) is 10.3 Å². The van der Waals surface area contributed by atoms with Crippen LogP contribution in [0.1, 0.15) is 5.69 Å². The van der Waals surface area contributed by atoms with Crippen molar-refractivity contribution in [2.24, 2.45) is 0 Å². The van der Waals surface area contributed by atoms with Crippen LogP contribution in [0.3, 0.4) is 0 Å². The lowest BCUT2D eigenvalue weighted by atomic mass is 10.2. The highest BCUT2D eigenvalue weighted by molar-refractivity contribution is 5.56. The molecule has 5 nitrogen and oxygen atoms in total. The van der Waals surface area contributed by atoms with E-state index >= 15 is 0 Å². The van der Waals surface area contributed by atoms with E-state index < -0.39 is 5.82 Å². The second-order valence-electron chi connectivity index (χ2n) is 4.16. The SMILES string of the molecule is COCCNCc1coc(-c2ccc(F)c(OC)c2)n1. The van der Waals surface area contributed by atoms with Gasteiger partial charge in [-0.15, -0.1) is 0 Å². The van der Waals surface area contributed by atoms with Crippen molar-refractivity contribution in [3.63, 3.8) is 0 Å². The number of ether oxygens (including phenoxy) is 2. The maximum Gasteiger partial charge on any atom is 0.226 e. The van der Waals surface area contributed by atoms with Gasteiger partial charge in [-0.2, -0.15) is 0 Å². The lowest BCUT2D eigenvalue weighted by molar-refractivity contribution is 0.199. The predicted octanol–water partition coefficient (Wildman–Crippen LogP) is 2.23. The van der Waals surface area contributed by atoms with E-state index in [1.54, 1.807) is 25.5 Å². The second-order valence-corrected chi connectivity index (χ2v) is 4.16. The number of hydrogen-bond donors (Lipinski definition) is 1. The van der Waals surface area contributed by atoms with Gasteiger partial charge in [0.2, 0.25) is 5.89 Å². The van der Waals surface area contributed by atoms with Crippen LogP contribution >= 0.6 is 0 Å². The maximum absolute atomic E-state index is 13.3. The Morgan fingerprint density at radius 1 is 1.35 bits per heavy atom. The molecule has 1 heterocycles. The molecule has 0 amide bonds. The summed E-state index contributed by atoms with van der Waals surface area (Å²) in [6, 6.07) is 4.49. The molecule has 0 spiro atoms. The third-order valence-electron chi connectivity index (χ3n) is 2.74. The van der Waals surface area contributed by atoms with Gasteiger partial charge in [-0.05, 0) is 18.2 Å². The summed E-state index contributed by atoms with van der Waals surface area (Å²) < 4.78 is 28.6. The van der Waals surface area contributed by atoms with E-state index in [1.165, 1.54) is 13.2 Å². The molecule has 1 aromatic heterocycles. The zero-order valence-electron chi connectivity index (χ0n) is 11.5. The maximum atomic E-state index is 13.3. The number of hydrogen-bond acceptors (Lipinski definition) is 5. The second kappa shape index (κ2) is 7.02. The summed E-state index contributed by atoms with van der Waals surface area (Å²) in [7, 11) is 3.07. The molecule has 0 saturated carbocycles. The Morgan fingerprint density at radius 3 is 2.95 bits per heavy atom. The fourth-order valence-electron chi connectivity index (χ4n) is 1.70. The van der Waals surface area contributed by atoms with E-state index in [9.17, 15) is 4.39 Å².